The van der Waals surface area contributed by atoms with Crippen molar-refractivity contribution in [3.8, 4) is 0 Å². The number of nitrogens with one attached hydrogen (secondary N) is 2. The molecule has 0 bridgehead atoms. The second kappa shape index (κ2) is 24.3. The summed E-state index contributed by atoms with van der Waals surface area (Å²) in [7, 11) is 0.998. The summed E-state index contributed by atoms with van der Waals surface area (Å²) >= 11 is 0. The SMILES string of the molecule is COC(OC1C(O)C(COC2OC(CO)C(O)C(O)C2O)OC(OC2C(CO)OC(OC3C(CO)OC(C)C(NC(C)=O)C3O)C(NC(C)=O)C2O)C1O)C(O)C(O)C(O)C(C)CO. The lowest BCUT2D eigenvalue weighted by Gasteiger charge is -2.50. The van der Waals surface area contributed by atoms with Crippen molar-refractivity contribution in [1.29, 1.82) is 0 Å². The summed E-state index contributed by atoms with van der Waals surface area (Å²) in [6, 6.07) is -2.69. The predicted molar refractivity (Wildman–Crippen MR) is 204 cm³/mol. The molecule has 4 aliphatic heterocycles. The van der Waals surface area contributed by atoms with Gasteiger partial charge in [0.15, 0.2) is 25.2 Å². The first-order valence-corrected chi connectivity index (χ1v) is 20.7. The number of ether oxygens (including phenoxy) is 9. The molecule has 0 aromatic carbocycles. The number of rotatable bonds is 20. The molecule has 2 amide bonds. The summed E-state index contributed by atoms with van der Waals surface area (Å²) in [6.07, 6.45) is -38.7. The molecule has 0 aromatic heterocycles. The zero-order valence-corrected chi connectivity index (χ0v) is 35.7. The topological polar surface area (TPSA) is 424 Å². The number of hydrogen-bond donors (Lipinski definition) is 16. The third kappa shape index (κ3) is 12.6. The van der Waals surface area contributed by atoms with Gasteiger partial charge in [-0.15, -0.1) is 0 Å². The Bertz CT molecular complexity index is 1440. The average Bonchev–Trinajstić information content (AvgIpc) is 3.26. The number of carbonyl (C=O) groups is 2. The van der Waals surface area contributed by atoms with Gasteiger partial charge in [-0.05, 0) is 6.92 Å². The molecule has 4 fully saturated rings. The molecule has 0 radical (unpaired) electrons. The number of methoxy groups -OCH3 is 1. The predicted octanol–water partition coefficient (Wildman–Crippen LogP) is -9.68. The van der Waals surface area contributed by atoms with Crippen LogP contribution in [0.3, 0.4) is 0 Å². The first-order chi connectivity index (χ1) is 30.1. The molecule has 25 unspecified atom stereocenters. The van der Waals surface area contributed by atoms with E-state index in [4.69, 9.17) is 42.6 Å². The van der Waals surface area contributed by atoms with E-state index >= 15 is 0 Å². The molecule has 0 spiro atoms. The summed E-state index contributed by atoms with van der Waals surface area (Å²) < 4.78 is 51.5. The molecule has 27 heteroatoms. The largest absolute Gasteiger partial charge is 0.396 e. The number of aliphatic hydroxyl groups excluding tert-OH is 14. The molecule has 0 aromatic rings. The molecular formula is C37H66N2O25. The Morgan fingerprint density at radius 1 is 0.578 bits per heavy atom. The van der Waals surface area contributed by atoms with Gasteiger partial charge in [-0.1, -0.05) is 6.92 Å². The normalized spacial score (nSPS) is 43.1. The van der Waals surface area contributed by atoms with Crippen LogP contribution < -0.4 is 10.6 Å². The van der Waals surface area contributed by atoms with Crippen molar-refractivity contribution >= 4 is 11.8 Å². The van der Waals surface area contributed by atoms with Gasteiger partial charge in [-0.3, -0.25) is 9.59 Å². The summed E-state index contributed by atoms with van der Waals surface area (Å²) in [5.74, 6) is -2.25. The fourth-order valence-corrected chi connectivity index (χ4v) is 7.89. The van der Waals surface area contributed by atoms with Crippen molar-refractivity contribution in [2.24, 2.45) is 5.92 Å². The Hall–Kier alpha value is -1.98. The van der Waals surface area contributed by atoms with Gasteiger partial charge in [0, 0.05) is 33.5 Å². The quantitative estimate of drug-likeness (QED) is 0.0504. The smallest absolute Gasteiger partial charge is 0.217 e. The van der Waals surface area contributed by atoms with Gasteiger partial charge in [0.05, 0.1) is 44.7 Å². The third-order valence-corrected chi connectivity index (χ3v) is 11.6. The van der Waals surface area contributed by atoms with Crippen LogP contribution in [0.2, 0.25) is 0 Å². The molecule has 27 nitrogen and oxygen atoms in total. The molecule has 0 aliphatic carbocycles. The summed E-state index contributed by atoms with van der Waals surface area (Å²) in [4.78, 5) is 24.4. The van der Waals surface area contributed by atoms with Gasteiger partial charge in [-0.2, -0.15) is 0 Å². The van der Waals surface area contributed by atoms with E-state index in [-0.39, 0.29) is 0 Å². The van der Waals surface area contributed by atoms with Crippen LogP contribution in [0.25, 0.3) is 0 Å². The monoisotopic (exact) mass is 938 g/mol. The van der Waals surface area contributed by atoms with Crippen LogP contribution in [0.1, 0.15) is 27.7 Å². The number of carbonyl (C=O) groups excluding carboxylic acids is 2. The fraction of sp³-hybridized carbons (Fsp3) is 0.946. The van der Waals surface area contributed by atoms with Crippen LogP contribution in [-0.4, -0.2) is 271 Å². The van der Waals surface area contributed by atoms with E-state index in [0.29, 0.717) is 0 Å². The highest BCUT2D eigenvalue weighted by atomic mass is 16.8. The molecule has 16 N–H and O–H groups in total. The first kappa shape index (κ1) is 54.6. The average molecular weight is 939 g/mol. The molecule has 25 atom stereocenters. The zero-order valence-electron chi connectivity index (χ0n) is 35.7. The van der Waals surface area contributed by atoms with E-state index in [9.17, 15) is 81.1 Å². The fourth-order valence-electron chi connectivity index (χ4n) is 7.89. The van der Waals surface area contributed by atoms with Crippen molar-refractivity contribution in [2.45, 2.75) is 175 Å². The maximum absolute atomic E-state index is 12.5. The van der Waals surface area contributed by atoms with Gasteiger partial charge >= 0.3 is 0 Å². The van der Waals surface area contributed by atoms with E-state index in [1.54, 1.807) is 0 Å². The number of hydrogen-bond acceptors (Lipinski definition) is 25. The molecule has 4 aliphatic rings. The van der Waals surface area contributed by atoms with Crippen molar-refractivity contribution in [3.63, 3.8) is 0 Å². The molecule has 64 heavy (non-hydrogen) atoms. The highest BCUT2D eigenvalue weighted by Gasteiger charge is 2.55. The summed E-state index contributed by atoms with van der Waals surface area (Å²) in [6.45, 7) is 1.24. The standard InChI is InChI=1S/C37H66N2O25/c1-11(6-40)21(46)26(51)28(53)35(56-5)64-33-23(48)18(10-57-36-29(54)27(52)22(47)15(7-41)59-36)61-37(30(33)55)63-32-17(9-43)60-34(20(25(32)50)39-14(4)45)62-31-16(8-42)58-12(2)19(24(31)49)38-13(3)44/h11-12,15-37,40-43,46-55H,6-10H2,1-5H3,(H,38,44)(H,39,45). The van der Waals surface area contributed by atoms with Crippen LogP contribution in [0.4, 0.5) is 0 Å². The summed E-state index contributed by atoms with van der Waals surface area (Å²) in [5, 5.41) is 154. The third-order valence-electron chi connectivity index (χ3n) is 11.6. The summed E-state index contributed by atoms with van der Waals surface area (Å²) in [5.41, 5.74) is 0. The zero-order chi connectivity index (χ0) is 47.9. The maximum atomic E-state index is 12.5. The Kier molecular flexibility index (Phi) is 20.8. The van der Waals surface area contributed by atoms with Crippen LogP contribution in [-0.2, 0) is 52.2 Å². The van der Waals surface area contributed by atoms with Gasteiger partial charge in [-0.25, -0.2) is 0 Å². The van der Waals surface area contributed by atoms with Gasteiger partial charge in [0.25, 0.3) is 0 Å². The van der Waals surface area contributed by atoms with Crippen molar-refractivity contribution < 1.29 is 124 Å². The second-order valence-electron chi connectivity index (χ2n) is 16.3. The van der Waals surface area contributed by atoms with Crippen molar-refractivity contribution in [1.82, 2.24) is 10.6 Å². The van der Waals surface area contributed by atoms with Crippen LogP contribution in [0.5, 0.6) is 0 Å². The minimum absolute atomic E-state index is 0.533. The van der Waals surface area contributed by atoms with E-state index in [1.807, 2.05) is 0 Å². The maximum Gasteiger partial charge on any atom is 0.217 e. The van der Waals surface area contributed by atoms with Gasteiger partial charge in [0.2, 0.25) is 11.8 Å². The Morgan fingerprint density at radius 3 is 1.64 bits per heavy atom. The molecule has 4 heterocycles. The van der Waals surface area contributed by atoms with E-state index in [0.717, 1.165) is 14.0 Å². The molecule has 4 rings (SSSR count). The van der Waals surface area contributed by atoms with Crippen LogP contribution in [0, 0.1) is 5.92 Å². The molecule has 0 saturated carbocycles. The van der Waals surface area contributed by atoms with Gasteiger partial charge < -0.3 is 125 Å². The van der Waals surface area contributed by atoms with E-state index in [2.05, 4.69) is 10.6 Å². The lowest BCUT2D eigenvalue weighted by Crippen LogP contribution is -2.70. The Labute approximate surface area is 366 Å². The van der Waals surface area contributed by atoms with Gasteiger partial charge in [0.1, 0.15) is 104 Å². The van der Waals surface area contributed by atoms with Crippen molar-refractivity contribution in [2.75, 3.05) is 40.1 Å². The lowest BCUT2D eigenvalue weighted by molar-refractivity contribution is -0.374. The van der Waals surface area contributed by atoms with Crippen LogP contribution >= 0.6 is 0 Å². The lowest BCUT2D eigenvalue weighted by atomic mass is 9.92. The highest BCUT2D eigenvalue weighted by molar-refractivity contribution is 5.73. The van der Waals surface area contributed by atoms with Crippen LogP contribution in [0.15, 0.2) is 0 Å². The number of amides is 2. The molecule has 374 valence electrons. The highest BCUT2D eigenvalue weighted by Crippen LogP contribution is 2.34. The van der Waals surface area contributed by atoms with E-state index < -0.39 is 198 Å². The number of aliphatic hydroxyl groups is 14. The minimum atomic E-state index is -2.16. The second-order valence-corrected chi connectivity index (χ2v) is 16.3. The van der Waals surface area contributed by atoms with Crippen molar-refractivity contribution in [3.05, 3.63) is 0 Å². The molecular weight excluding hydrogens is 872 g/mol. The molecule has 4 saturated heterocycles. The minimum Gasteiger partial charge on any atom is -0.396 e. The Balaban J connectivity index is 1.65. The Morgan fingerprint density at radius 2 is 1.09 bits per heavy atom. The first-order valence-electron chi connectivity index (χ1n) is 20.7. The van der Waals surface area contributed by atoms with E-state index in [1.165, 1.54) is 20.8 Å².